The van der Waals surface area contributed by atoms with Crippen molar-refractivity contribution >= 4 is 21.6 Å². The molecule has 0 aliphatic rings. The van der Waals surface area contributed by atoms with Gasteiger partial charge in [-0.3, -0.25) is 0 Å². The second-order valence-corrected chi connectivity index (χ2v) is 4.83. The largest absolute Gasteiger partial charge is 0.487 e. The van der Waals surface area contributed by atoms with Crippen LogP contribution in [0.1, 0.15) is 11.3 Å². The van der Waals surface area contributed by atoms with E-state index in [9.17, 15) is 0 Å². The van der Waals surface area contributed by atoms with E-state index in [1.54, 1.807) is 0 Å². The Kier molecular flexibility index (Phi) is 3.51. The predicted molar refractivity (Wildman–Crippen MR) is 78.6 cm³/mol. The van der Waals surface area contributed by atoms with Gasteiger partial charge in [-0.05, 0) is 29.8 Å². The van der Waals surface area contributed by atoms with Crippen molar-refractivity contribution in [1.29, 1.82) is 0 Å². The van der Waals surface area contributed by atoms with Crippen molar-refractivity contribution in [3.05, 3.63) is 66.1 Å². The summed E-state index contributed by atoms with van der Waals surface area (Å²) in [4.78, 5) is 4.50. The number of imidazole rings is 1. The Morgan fingerprint density at radius 1 is 1.16 bits per heavy atom. The van der Waals surface area contributed by atoms with Crippen LogP contribution in [0.15, 0.2) is 54.9 Å². The maximum atomic E-state index is 5.77. The number of fused-ring (bicyclic) bond motifs is 1. The Bertz CT molecular complexity index is 660. The van der Waals surface area contributed by atoms with Gasteiger partial charge in [0.2, 0.25) is 0 Å². The minimum absolute atomic E-state index is 0.480. The van der Waals surface area contributed by atoms with Gasteiger partial charge in [-0.1, -0.05) is 34.1 Å². The van der Waals surface area contributed by atoms with Crippen molar-refractivity contribution in [1.82, 2.24) is 9.38 Å². The summed E-state index contributed by atoms with van der Waals surface area (Å²) >= 11 is 3.44. The van der Waals surface area contributed by atoms with Gasteiger partial charge >= 0.3 is 0 Å². The normalized spacial score (nSPS) is 10.8. The number of hydrogen-bond acceptors (Lipinski definition) is 2. The fourth-order valence-corrected chi connectivity index (χ4v) is 2.28. The highest BCUT2D eigenvalue weighted by Crippen LogP contribution is 2.17. The average Bonchev–Trinajstić information content (AvgIpc) is 2.88. The number of ether oxygens (including phenoxy) is 1. The molecule has 0 radical (unpaired) electrons. The van der Waals surface area contributed by atoms with E-state index < -0.39 is 0 Å². The van der Waals surface area contributed by atoms with Crippen molar-refractivity contribution < 1.29 is 4.74 Å². The molecule has 1 aromatic carbocycles. The van der Waals surface area contributed by atoms with Crippen molar-refractivity contribution in [3.8, 4) is 5.75 Å². The molecule has 0 amide bonds. The average molecular weight is 317 g/mol. The second kappa shape index (κ2) is 5.45. The number of benzene rings is 1. The van der Waals surface area contributed by atoms with Gasteiger partial charge in [0.15, 0.2) is 0 Å². The van der Waals surface area contributed by atoms with E-state index in [1.165, 1.54) is 5.56 Å². The molecule has 3 aromatic rings. The Morgan fingerprint density at radius 3 is 2.95 bits per heavy atom. The Balaban J connectivity index is 1.74. The van der Waals surface area contributed by atoms with Crippen LogP contribution in [-0.2, 0) is 11.9 Å². The van der Waals surface area contributed by atoms with Gasteiger partial charge in [0.05, 0.1) is 5.69 Å². The van der Waals surface area contributed by atoms with Crippen LogP contribution in [0.4, 0.5) is 0 Å². The van der Waals surface area contributed by atoms with E-state index in [-0.39, 0.29) is 0 Å². The van der Waals surface area contributed by atoms with Gasteiger partial charge in [0.1, 0.15) is 18.0 Å². The number of alkyl halides is 1. The summed E-state index contributed by atoms with van der Waals surface area (Å²) in [5.74, 6) is 0.869. The van der Waals surface area contributed by atoms with Crippen molar-refractivity contribution in [2.45, 2.75) is 11.9 Å². The summed E-state index contributed by atoms with van der Waals surface area (Å²) in [5, 5.41) is 0.832. The zero-order valence-corrected chi connectivity index (χ0v) is 11.9. The first-order chi connectivity index (χ1) is 9.35. The third kappa shape index (κ3) is 2.79. The zero-order valence-electron chi connectivity index (χ0n) is 10.3. The van der Waals surface area contributed by atoms with E-state index in [1.807, 2.05) is 53.2 Å². The first-order valence-corrected chi connectivity index (χ1v) is 7.17. The van der Waals surface area contributed by atoms with Crippen molar-refractivity contribution in [2.75, 3.05) is 0 Å². The van der Waals surface area contributed by atoms with Gasteiger partial charge in [0.25, 0.3) is 0 Å². The quantitative estimate of drug-likeness (QED) is 0.684. The van der Waals surface area contributed by atoms with Gasteiger partial charge in [-0.15, -0.1) is 0 Å². The molecule has 0 aliphatic carbocycles. The maximum absolute atomic E-state index is 5.77. The lowest BCUT2D eigenvalue weighted by Crippen LogP contribution is -1.95. The first-order valence-electron chi connectivity index (χ1n) is 6.05. The number of pyridine rings is 1. The molecule has 0 saturated heterocycles. The Hall–Kier alpha value is -1.81. The molecule has 0 N–H and O–H groups in total. The summed E-state index contributed by atoms with van der Waals surface area (Å²) < 4.78 is 7.76. The molecule has 0 unspecified atom stereocenters. The van der Waals surface area contributed by atoms with E-state index in [2.05, 4.69) is 27.0 Å². The molecule has 4 heteroatoms. The third-order valence-electron chi connectivity index (χ3n) is 2.85. The molecule has 2 heterocycles. The summed E-state index contributed by atoms with van der Waals surface area (Å²) in [7, 11) is 0. The number of hydrogen-bond donors (Lipinski definition) is 0. The molecule has 96 valence electrons. The summed E-state index contributed by atoms with van der Waals surface area (Å²) in [6.07, 6.45) is 3.97. The highest BCUT2D eigenvalue weighted by molar-refractivity contribution is 9.08. The summed E-state index contributed by atoms with van der Waals surface area (Å²) in [5.41, 5.74) is 3.07. The number of aromatic nitrogens is 2. The van der Waals surface area contributed by atoms with Gasteiger partial charge in [-0.25, -0.2) is 4.98 Å². The Labute approximate surface area is 120 Å². The summed E-state index contributed by atoms with van der Waals surface area (Å²) in [6.45, 7) is 0.480. The molecule has 19 heavy (non-hydrogen) atoms. The van der Waals surface area contributed by atoms with E-state index in [0.29, 0.717) is 6.61 Å². The van der Waals surface area contributed by atoms with Crippen LogP contribution in [0.3, 0.4) is 0 Å². The van der Waals surface area contributed by atoms with E-state index in [0.717, 1.165) is 22.4 Å². The molecular weight excluding hydrogens is 304 g/mol. The van der Waals surface area contributed by atoms with Crippen molar-refractivity contribution in [3.63, 3.8) is 0 Å². The number of rotatable bonds is 4. The van der Waals surface area contributed by atoms with Crippen LogP contribution in [0, 0.1) is 0 Å². The lowest BCUT2D eigenvalue weighted by molar-refractivity contribution is 0.302. The molecule has 0 aliphatic heterocycles. The van der Waals surface area contributed by atoms with E-state index >= 15 is 0 Å². The zero-order chi connectivity index (χ0) is 13.1. The lowest BCUT2D eigenvalue weighted by atomic mass is 10.2. The minimum atomic E-state index is 0.480. The molecule has 0 fully saturated rings. The van der Waals surface area contributed by atoms with E-state index in [4.69, 9.17) is 4.74 Å². The molecule has 0 saturated carbocycles. The smallest absolute Gasteiger partial charge is 0.137 e. The van der Waals surface area contributed by atoms with Crippen molar-refractivity contribution in [2.24, 2.45) is 0 Å². The van der Waals surface area contributed by atoms with Gasteiger partial charge < -0.3 is 9.14 Å². The molecule has 0 spiro atoms. The van der Waals surface area contributed by atoms with Crippen LogP contribution in [0.25, 0.3) is 5.65 Å². The van der Waals surface area contributed by atoms with Crippen LogP contribution in [-0.4, -0.2) is 9.38 Å². The lowest BCUT2D eigenvalue weighted by Gasteiger charge is -2.05. The molecular formula is C15H13BrN2O. The highest BCUT2D eigenvalue weighted by Gasteiger charge is 2.02. The van der Waals surface area contributed by atoms with Gasteiger partial charge in [0, 0.05) is 17.7 Å². The maximum Gasteiger partial charge on any atom is 0.137 e. The Morgan fingerprint density at radius 2 is 2.11 bits per heavy atom. The van der Waals surface area contributed by atoms with Crippen LogP contribution < -0.4 is 4.74 Å². The molecule has 2 aromatic heterocycles. The van der Waals surface area contributed by atoms with Crippen LogP contribution >= 0.6 is 15.9 Å². The molecule has 3 nitrogen and oxygen atoms in total. The number of nitrogens with zero attached hydrogens (tertiary/aromatic N) is 2. The monoisotopic (exact) mass is 316 g/mol. The standard InChI is InChI=1S/C15H13BrN2O/c16-9-12-4-3-5-14(8-12)19-11-13-10-18-7-2-1-6-15(18)17-13/h1-8,10H,9,11H2. The highest BCUT2D eigenvalue weighted by atomic mass is 79.9. The SMILES string of the molecule is BrCc1cccc(OCc2cn3ccccc3n2)c1. The molecule has 3 rings (SSSR count). The third-order valence-corrected chi connectivity index (χ3v) is 3.50. The molecule has 0 atom stereocenters. The number of halogens is 1. The fraction of sp³-hybridized carbons (Fsp3) is 0.133. The topological polar surface area (TPSA) is 26.5 Å². The second-order valence-electron chi connectivity index (χ2n) is 4.27. The fourth-order valence-electron chi connectivity index (χ4n) is 1.93. The first kappa shape index (κ1) is 12.2. The predicted octanol–water partition coefficient (Wildman–Crippen LogP) is 3.81. The van der Waals surface area contributed by atoms with Crippen LogP contribution in [0.5, 0.6) is 5.75 Å². The molecule has 0 bridgehead atoms. The minimum Gasteiger partial charge on any atom is -0.487 e. The van der Waals surface area contributed by atoms with Crippen LogP contribution in [0.2, 0.25) is 0 Å². The van der Waals surface area contributed by atoms with Gasteiger partial charge in [-0.2, -0.15) is 0 Å². The summed E-state index contributed by atoms with van der Waals surface area (Å²) in [6, 6.07) is 14.0.